The molecule has 0 radical (unpaired) electrons. The monoisotopic (exact) mass is 291 g/mol. The van der Waals surface area contributed by atoms with E-state index in [9.17, 15) is 4.79 Å². The van der Waals surface area contributed by atoms with Crippen LogP contribution in [0, 0.1) is 11.3 Å². The molecule has 1 N–H and O–H groups in total. The second kappa shape index (κ2) is 5.66. The third-order valence-electron chi connectivity index (χ3n) is 3.26. The number of aromatic nitrogens is 3. The molecule has 22 heavy (non-hydrogen) atoms. The van der Waals surface area contributed by atoms with Crippen LogP contribution in [0.2, 0.25) is 0 Å². The zero-order valence-electron chi connectivity index (χ0n) is 11.9. The molecule has 0 saturated carbocycles. The molecule has 2 aromatic heterocycles. The smallest absolute Gasteiger partial charge is 0.257 e. The lowest BCUT2D eigenvalue weighted by atomic mass is 10.1. The molecule has 0 aliphatic carbocycles. The Balaban J connectivity index is 2.07. The summed E-state index contributed by atoms with van der Waals surface area (Å²) >= 11 is 0. The molecular formula is C16H13N5O. The summed E-state index contributed by atoms with van der Waals surface area (Å²) in [5, 5.41) is 15.6. The fraction of sp³-hybridized carbons (Fsp3) is 0.125. The van der Waals surface area contributed by atoms with E-state index in [1.54, 1.807) is 17.6 Å². The van der Waals surface area contributed by atoms with Gasteiger partial charge in [-0.15, -0.1) is 0 Å². The summed E-state index contributed by atoms with van der Waals surface area (Å²) in [5.74, 6) is -0.359. The maximum atomic E-state index is 12.2. The van der Waals surface area contributed by atoms with Crippen LogP contribution in [0.5, 0.6) is 0 Å². The van der Waals surface area contributed by atoms with E-state index in [1.165, 1.54) is 6.20 Å². The number of hydrogen-bond donors (Lipinski definition) is 1. The molecule has 1 atom stereocenters. The normalized spacial score (nSPS) is 11.8. The van der Waals surface area contributed by atoms with Gasteiger partial charge in [0.2, 0.25) is 0 Å². The van der Waals surface area contributed by atoms with Crippen LogP contribution in [0.4, 0.5) is 0 Å². The van der Waals surface area contributed by atoms with Crippen molar-refractivity contribution in [3.8, 4) is 17.3 Å². The molecule has 6 nitrogen and oxygen atoms in total. The minimum atomic E-state index is -0.570. The van der Waals surface area contributed by atoms with E-state index in [0.29, 0.717) is 11.2 Å². The lowest BCUT2D eigenvalue weighted by Gasteiger charge is -2.06. The Kier molecular flexibility index (Phi) is 3.54. The number of nitrogens with one attached hydrogen (secondary N) is 1. The summed E-state index contributed by atoms with van der Waals surface area (Å²) in [6.07, 6.45) is 3.11. The molecule has 0 bridgehead atoms. The van der Waals surface area contributed by atoms with E-state index in [0.717, 1.165) is 11.3 Å². The van der Waals surface area contributed by atoms with Crippen LogP contribution in [0.1, 0.15) is 17.3 Å². The van der Waals surface area contributed by atoms with Gasteiger partial charge >= 0.3 is 0 Å². The maximum absolute atomic E-state index is 12.2. The molecule has 6 heteroatoms. The first kappa shape index (κ1) is 13.8. The quantitative estimate of drug-likeness (QED) is 0.800. The van der Waals surface area contributed by atoms with Crippen LogP contribution >= 0.6 is 0 Å². The van der Waals surface area contributed by atoms with Gasteiger partial charge in [-0.25, -0.2) is 9.50 Å². The van der Waals surface area contributed by atoms with E-state index in [1.807, 2.05) is 42.5 Å². The van der Waals surface area contributed by atoms with E-state index < -0.39 is 6.04 Å². The zero-order valence-corrected chi connectivity index (χ0v) is 11.9. The van der Waals surface area contributed by atoms with Gasteiger partial charge in [-0.3, -0.25) is 4.79 Å². The van der Waals surface area contributed by atoms with E-state index in [2.05, 4.69) is 15.4 Å². The summed E-state index contributed by atoms with van der Waals surface area (Å²) in [6, 6.07) is 13.0. The van der Waals surface area contributed by atoms with Crippen LogP contribution in [0.15, 0.2) is 48.8 Å². The summed E-state index contributed by atoms with van der Waals surface area (Å²) in [7, 11) is 0. The molecule has 0 aliphatic heterocycles. The van der Waals surface area contributed by atoms with Gasteiger partial charge in [0.25, 0.3) is 5.91 Å². The van der Waals surface area contributed by atoms with Crippen molar-refractivity contribution in [3.05, 3.63) is 54.4 Å². The van der Waals surface area contributed by atoms with Gasteiger partial charge in [-0.05, 0) is 13.0 Å². The lowest BCUT2D eigenvalue weighted by Crippen LogP contribution is -2.31. The topological polar surface area (TPSA) is 83.1 Å². The number of nitriles is 1. The number of carbonyl (C=O) groups is 1. The number of carbonyl (C=O) groups excluding carboxylic acids is 1. The number of rotatable bonds is 3. The van der Waals surface area contributed by atoms with Gasteiger partial charge in [0.05, 0.1) is 18.0 Å². The molecule has 3 aromatic rings. The standard InChI is InChI=1S/C16H13N5O/c1-11(9-17)20-16(22)13-10-19-21-14(7-8-18-15(13)21)12-5-3-2-4-6-12/h2-8,10-11H,1H3,(H,20,22). The highest BCUT2D eigenvalue weighted by Gasteiger charge is 2.17. The Bertz CT molecular complexity index is 863. The lowest BCUT2D eigenvalue weighted by molar-refractivity contribution is 0.0949. The molecule has 1 unspecified atom stereocenters. The number of fused-ring (bicyclic) bond motifs is 1. The Labute approximate surface area is 127 Å². The van der Waals surface area contributed by atoms with Crippen molar-refractivity contribution in [1.82, 2.24) is 19.9 Å². The Morgan fingerprint density at radius 3 is 2.82 bits per heavy atom. The summed E-state index contributed by atoms with van der Waals surface area (Å²) < 4.78 is 1.63. The van der Waals surface area contributed by atoms with Crippen LogP contribution in [-0.2, 0) is 0 Å². The zero-order chi connectivity index (χ0) is 15.5. The van der Waals surface area contributed by atoms with Crippen molar-refractivity contribution in [2.75, 3.05) is 0 Å². The van der Waals surface area contributed by atoms with Crippen LogP contribution in [0.3, 0.4) is 0 Å². The minimum Gasteiger partial charge on any atom is -0.336 e. The van der Waals surface area contributed by atoms with Gasteiger partial charge < -0.3 is 5.32 Å². The van der Waals surface area contributed by atoms with Crippen molar-refractivity contribution in [1.29, 1.82) is 5.26 Å². The number of hydrogen-bond acceptors (Lipinski definition) is 4. The van der Waals surface area contributed by atoms with E-state index in [-0.39, 0.29) is 5.91 Å². The Morgan fingerprint density at radius 2 is 2.09 bits per heavy atom. The summed E-state index contributed by atoms with van der Waals surface area (Å²) in [5.41, 5.74) is 2.64. The first-order chi connectivity index (χ1) is 10.7. The molecule has 0 fully saturated rings. The summed E-state index contributed by atoms with van der Waals surface area (Å²) in [4.78, 5) is 16.4. The SMILES string of the molecule is CC(C#N)NC(=O)c1cnn2c(-c3ccccc3)ccnc12. The van der Waals surface area contributed by atoms with Gasteiger partial charge in [-0.1, -0.05) is 30.3 Å². The second-order valence-corrected chi connectivity index (χ2v) is 4.81. The fourth-order valence-electron chi connectivity index (χ4n) is 2.19. The Morgan fingerprint density at radius 1 is 1.32 bits per heavy atom. The van der Waals surface area contributed by atoms with Gasteiger partial charge in [0, 0.05) is 11.8 Å². The maximum Gasteiger partial charge on any atom is 0.257 e. The molecule has 108 valence electrons. The predicted octanol–water partition coefficient (Wildman–Crippen LogP) is 2.04. The molecular weight excluding hydrogens is 278 g/mol. The highest BCUT2D eigenvalue weighted by molar-refractivity contribution is 6.00. The first-order valence-electron chi connectivity index (χ1n) is 6.79. The van der Waals surface area contributed by atoms with Crippen molar-refractivity contribution in [3.63, 3.8) is 0 Å². The summed E-state index contributed by atoms with van der Waals surface area (Å²) in [6.45, 7) is 1.62. The average Bonchev–Trinajstić information content (AvgIpc) is 2.99. The van der Waals surface area contributed by atoms with Crippen LogP contribution in [-0.4, -0.2) is 26.5 Å². The average molecular weight is 291 g/mol. The molecule has 0 aliphatic rings. The van der Waals surface area contributed by atoms with Gasteiger partial charge in [0.1, 0.15) is 11.6 Å². The Hall–Kier alpha value is -3.20. The van der Waals surface area contributed by atoms with E-state index >= 15 is 0 Å². The highest BCUT2D eigenvalue weighted by Crippen LogP contribution is 2.20. The minimum absolute atomic E-state index is 0.347. The number of amides is 1. The molecule has 1 aromatic carbocycles. The molecule has 3 rings (SSSR count). The molecule has 0 spiro atoms. The van der Waals surface area contributed by atoms with Crippen molar-refractivity contribution in [2.24, 2.45) is 0 Å². The largest absolute Gasteiger partial charge is 0.336 e. The second-order valence-electron chi connectivity index (χ2n) is 4.81. The third-order valence-corrected chi connectivity index (χ3v) is 3.26. The van der Waals surface area contributed by atoms with Crippen LogP contribution in [0.25, 0.3) is 16.9 Å². The molecule has 2 heterocycles. The number of benzene rings is 1. The van der Waals surface area contributed by atoms with Gasteiger partial charge in [-0.2, -0.15) is 10.4 Å². The number of nitrogens with zero attached hydrogens (tertiary/aromatic N) is 4. The van der Waals surface area contributed by atoms with E-state index in [4.69, 9.17) is 5.26 Å². The van der Waals surface area contributed by atoms with Gasteiger partial charge in [0.15, 0.2) is 5.65 Å². The van der Waals surface area contributed by atoms with Crippen molar-refractivity contribution >= 4 is 11.6 Å². The molecule has 1 amide bonds. The fourth-order valence-corrected chi connectivity index (χ4v) is 2.19. The molecule has 0 saturated heterocycles. The first-order valence-corrected chi connectivity index (χ1v) is 6.79. The highest BCUT2D eigenvalue weighted by atomic mass is 16.1. The van der Waals surface area contributed by atoms with Crippen molar-refractivity contribution in [2.45, 2.75) is 13.0 Å². The predicted molar refractivity (Wildman–Crippen MR) is 81.0 cm³/mol. The third kappa shape index (κ3) is 2.40. The van der Waals surface area contributed by atoms with Crippen LogP contribution < -0.4 is 5.32 Å². The van der Waals surface area contributed by atoms with Crippen molar-refractivity contribution < 1.29 is 4.79 Å².